The van der Waals surface area contributed by atoms with E-state index in [4.69, 9.17) is 4.52 Å². The van der Waals surface area contributed by atoms with Gasteiger partial charge in [0.1, 0.15) is 0 Å². The topological polar surface area (TPSA) is 74.5 Å². The van der Waals surface area contributed by atoms with E-state index in [1.54, 1.807) is 0 Å². The highest BCUT2D eigenvalue weighted by atomic mass is 79.9. The summed E-state index contributed by atoms with van der Waals surface area (Å²) in [4.78, 5) is 21.1. The summed E-state index contributed by atoms with van der Waals surface area (Å²) in [6.07, 6.45) is 0. The molecule has 0 spiro atoms. The summed E-state index contributed by atoms with van der Waals surface area (Å²) in [5, 5.41) is 7.02. The Morgan fingerprint density at radius 1 is 1.03 bits per heavy atom. The Morgan fingerprint density at radius 2 is 1.70 bits per heavy atom. The summed E-state index contributed by atoms with van der Waals surface area (Å²) >= 11 is 3.40. The lowest BCUT2D eigenvalue weighted by atomic mass is 10.1. The van der Waals surface area contributed by atoms with Gasteiger partial charge in [-0.3, -0.25) is 0 Å². The molecule has 1 N–H and O–H groups in total. The number of aromatic nitrogens is 2. The van der Waals surface area contributed by atoms with Crippen molar-refractivity contribution < 1.29 is 9.32 Å². The summed E-state index contributed by atoms with van der Waals surface area (Å²) in [7, 11) is 0. The van der Waals surface area contributed by atoms with Crippen molar-refractivity contribution in [2.24, 2.45) is 0 Å². The van der Waals surface area contributed by atoms with Gasteiger partial charge in [-0.2, -0.15) is 4.98 Å². The van der Waals surface area contributed by atoms with Crippen molar-refractivity contribution in [3.05, 3.63) is 58.9 Å². The Kier molecular flexibility index (Phi) is 6.03. The quantitative estimate of drug-likeness (QED) is 0.583. The lowest BCUT2D eigenvalue weighted by Gasteiger charge is -2.36. The number of carbonyl (C=O) groups is 1. The van der Waals surface area contributed by atoms with Gasteiger partial charge in [0.15, 0.2) is 0 Å². The molecule has 0 unspecified atom stereocenters. The Bertz CT molecular complexity index is 993. The summed E-state index contributed by atoms with van der Waals surface area (Å²) in [6, 6.07) is 15.7. The van der Waals surface area contributed by atoms with Gasteiger partial charge in [-0.05, 0) is 48.5 Å². The number of halogens is 1. The van der Waals surface area contributed by atoms with Gasteiger partial charge in [0.05, 0.1) is 0 Å². The van der Waals surface area contributed by atoms with Crippen LogP contribution in [0.3, 0.4) is 0 Å². The minimum atomic E-state index is -0.0645. The number of nitrogens with zero attached hydrogens (tertiary/aromatic N) is 4. The first-order chi connectivity index (χ1) is 14.5. The summed E-state index contributed by atoms with van der Waals surface area (Å²) in [5.41, 5.74) is 2.85. The molecule has 0 radical (unpaired) electrons. The maximum atomic E-state index is 12.5. The predicted octanol–water partition coefficient (Wildman–Crippen LogP) is 4.98. The molecule has 4 rings (SSSR count). The number of benzene rings is 2. The molecule has 156 valence electrons. The van der Waals surface area contributed by atoms with Crippen LogP contribution < -0.4 is 10.2 Å². The van der Waals surface area contributed by atoms with E-state index in [0.717, 1.165) is 34.5 Å². The molecule has 0 saturated carbocycles. The number of nitrogens with one attached hydrogen (secondary N) is 1. The first kappa shape index (κ1) is 20.4. The molecule has 3 aromatic rings. The lowest BCUT2D eigenvalue weighted by molar-refractivity contribution is 0.208. The first-order valence-corrected chi connectivity index (χ1v) is 10.8. The number of carbonyl (C=O) groups excluding carboxylic acids is 1. The molecule has 0 atom stereocenters. The second-order valence-electron chi connectivity index (χ2n) is 7.57. The standard InChI is InChI=1S/C22H24BrN5O2/c1-15(2)21-25-20(26-30-21)16-3-9-19(10-4-16)27-11-13-28(14-12-27)22(29)24-18-7-5-17(23)6-8-18/h3-10,15H,11-14H2,1-2H3,(H,24,29). The van der Waals surface area contributed by atoms with Crippen LogP contribution in [0.1, 0.15) is 25.7 Å². The van der Waals surface area contributed by atoms with E-state index < -0.39 is 0 Å². The van der Waals surface area contributed by atoms with Gasteiger partial charge in [-0.15, -0.1) is 0 Å². The van der Waals surface area contributed by atoms with E-state index in [9.17, 15) is 4.79 Å². The number of hydrogen-bond acceptors (Lipinski definition) is 5. The molecule has 30 heavy (non-hydrogen) atoms. The average Bonchev–Trinajstić information content (AvgIpc) is 3.26. The van der Waals surface area contributed by atoms with Crippen molar-refractivity contribution in [2.45, 2.75) is 19.8 Å². The minimum Gasteiger partial charge on any atom is -0.368 e. The zero-order valence-corrected chi connectivity index (χ0v) is 18.6. The highest BCUT2D eigenvalue weighted by Crippen LogP contribution is 2.24. The third kappa shape index (κ3) is 4.64. The number of rotatable bonds is 4. The molecular weight excluding hydrogens is 446 g/mol. The highest BCUT2D eigenvalue weighted by molar-refractivity contribution is 9.10. The van der Waals surface area contributed by atoms with E-state index in [1.807, 2.05) is 55.1 Å². The van der Waals surface area contributed by atoms with Crippen molar-refractivity contribution in [3.8, 4) is 11.4 Å². The van der Waals surface area contributed by atoms with Crippen LogP contribution in [0, 0.1) is 0 Å². The number of hydrogen-bond donors (Lipinski definition) is 1. The van der Waals surface area contributed by atoms with Gasteiger partial charge < -0.3 is 19.6 Å². The largest absolute Gasteiger partial charge is 0.368 e. The molecule has 2 amide bonds. The highest BCUT2D eigenvalue weighted by Gasteiger charge is 2.21. The van der Waals surface area contributed by atoms with Crippen LogP contribution in [0.4, 0.5) is 16.2 Å². The van der Waals surface area contributed by atoms with Crippen molar-refractivity contribution in [3.63, 3.8) is 0 Å². The molecule has 1 aromatic heterocycles. The number of anilines is 2. The zero-order chi connectivity index (χ0) is 21.1. The Hall–Kier alpha value is -2.87. The lowest BCUT2D eigenvalue weighted by Crippen LogP contribution is -2.50. The first-order valence-electron chi connectivity index (χ1n) is 10.00. The van der Waals surface area contributed by atoms with Crippen LogP contribution in [0.5, 0.6) is 0 Å². The molecule has 2 aromatic carbocycles. The molecular formula is C22H24BrN5O2. The molecule has 8 heteroatoms. The van der Waals surface area contributed by atoms with Crippen molar-refractivity contribution >= 4 is 33.3 Å². The van der Waals surface area contributed by atoms with Crippen LogP contribution >= 0.6 is 15.9 Å². The monoisotopic (exact) mass is 469 g/mol. The van der Waals surface area contributed by atoms with Gasteiger partial charge in [0, 0.05) is 53.5 Å². The molecule has 7 nitrogen and oxygen atoms in total. The minimum absolute atomic E-state index is 0.0645. The summed E-state index contributed by atoms with van der Waals surface area (Å²) in [6.45, 7) is 6.97. The van der Waals surface area contributed by atoms with Crippen LogP contribution in [-0.4, -0.2) is 47.3 Å². The second kappa shape index (κ2) is 8.87. The molecule has 2 heterocycles. The molecule has 0 aliphatic carbocycles. The molecule has 1 saturated heterocycles. The maximum absolute atomic E-state index is 12.5. The molecule has 1 aliphatic rings. The smallest absolute Gasteiger partial charge is 0.321 e. The predicted molar refractivity (Wildman–Crippen MR) is 121 cm³/mol. The van der Waals surface area contributed by atoms with Gasteiger partial charge >= 0.3 is 6.03 Å². The van der Waals surface area contributed by atoms with Crippen LogP contribution in [0.25, 0.3) is 11.4 Å². The van der Waals surface area contributed by atoms with Crippen molar-refractivity contribution in [2.75, 3.05) is 36.4 Å². The van der Waals surface area contributed by atoms with E-state index >= 15 is 0 Å². The number of amides is 2. The fourth-order valence-corrected chi connectivity index (χ4v) is 3.58. The fraction of sp³-hybridized carbons (Fsp3) is 0.318. The Balaban J connectivity index is 1.33. The van der Waals surface area contributed by atoms with Crippen LogP contribution in [-0.2, 0) is 0 Å². The molecule has 1 fully saturated rings. The second-order valence-corrected chi connectivity index (χ2v) is 8.48. The normalized spacial score (nSPS) is 14.3. The van der Waals surface area contributed by atoms with E-state index in [0.29, 0.717) is 24.8 Å². The van der Waals surface area contributed by atoms with Crippen molar-refractivity contribution in [1.29, 1.82) is 0 Å². The van der Waals surface area contributed by atoms with E-state index in [2.05, 4.69) is 48.4 Å². The summed E-state index contributed by atoms with van der Waals surface area (Å²) in [5.74, 6) is 1.47. The van der Waals surface area contributed by atoms with Crippen LogP contribution in [0.2, 0.25) is 0 Å². The van der Waals surface area contributed by atoms with Crippen LogP contribution in [0.15, 0.2) is 57.5 Å². The molecule has 1 aliphatic heterocycles. The third-order valence-electron chi connectivity index (χ3n) is 5.09. The van der Waals surface area contributed by atoms with Crippen molar-refractivity contribution in [1.82, 2.24) is 15.0 Å². The van der Waals surface area contributed by atoms with Gasteiger partial charge in [-0.1, -0.05) is 34.9 Å². The van der Waals surface area contributed by atoms with E-state index in [1.165, 1.54) is 0 Å². The SMILES string of the molecule is CC(C)c1nc(-c2ccc(N3CCN(C(=O)Nc4ccc(Br)cc4)CC3)cc2)no1. The van der Waals surface area contributed by atoms with Gasteiger partial charge in [-0.25, -0.2) is 4.79 Å². The summed E-state index contributed by atoms with van der Waals surface area (Å²) < 4.78 is 6.28. The Morgan fingerprint density at radius 3 is 2.30 bits per heavy atom. The van der Waals surface area contributed by atoms with E-state index in [-0.39, 0.29) is 11.9 Å². The number of urea groups is 1. The maximum Gasteiger partial charge on any atom is 0.321 e. The molecule has 0 bridgehead atoms. The van der Waals surface area contributed by atoms with Gasteiger partial charge in [0.2, 0.25) is 11.7 Å². The zero-order valence-electron chi connectivity index (χ0n) is 17.0. The third-order valence-corrected chi connectivity index (χ3v) is 5.62. The average molecular weight is 470 g/mol. The van der Waals surface area contributed by atoms with Gasteiger partial charge in [0.25, 0.3) is 0 Å². The Labute approximate surface area is 184 Å². The number of piperazine rings is 1. The fourth-order valence-electron chi connectivity index (χ4n) is 3.31.